The number of hydrogen-bond donors (Lipinski definition) is 2. The molecule has 0 unspecified atom stereocenters. The molecule has 3 N–H and O–H groups in total. The Morgan fingerprint density at radius 1 is 1.77 bits per heavy atom. The fourth-order valence-electron chi connectivity index (χ4n) is 0.991. The van der Waals surface area contributed by atoms with Gasteiger partial charge in [0.1, 0.15) is 0 Å². The van der Waals surface area contributed by atoms with Crippen LogP contribution in [-0.4, -0.2) is 26.3 Å². The summed E-state index contributed by atoms with van der Waals surface area (Å²) in [7, 11) is 0. The second-order valence-corrected chi connectivity index (χ2v) is 2.55. The summed E-state index contributed by atoms with van der Waals surface area (Å²) in [5.74, 6) is -0.178. The fraction of sp³-hybridized carbons (Fsp3) is 0.333. The largest absolute Gasteiger partial charge is 0.716 e. The Labute approximate surface area is 74.6 Å². The van der Waals surface area contributed by atoms with Gasteiger partial charge in [-0.15, -0.1) is 5.10 Å². The standard InChI is InChI=1S/C6H10N5O2/c1-4-3-5(2)10(8-4)6(7)9-11(12)13/h3,12H,1-2H3,(H2,7,9)/q-1. The fourth-order valence-corrected chi connectivity index (χ4v) is 0.991. The number of aromatic nitrogens is 2. The number of nitrogens with two attached hydrogens (primary N) is 1. The van der Waals surface area contributed by atoms with Crippen LogP contribution in [0.4, 0.5) is 0 Å². The van der Waals surface area contributed by atoms with E-state index in [9.17, 15) is 5.21 Å². The van der Waals surface area contributed by atoms with Gasteiger partial charge >= 0.3 is 0 Å². The summed E-state index contributed by atoms with van der Waals surface area (Å²) in [5.41, 5.74) is 6.85. The first kappa shape index (κ1) is 9.49. The molecule has 0 aliphatic rings. The Kier molecular flexibility index (Phi) is 2.49. The van der Waals surface area contributed by atoms with Gasteiger partial charge in [0.05, 0.1) is 5.69 Å². The molecule has 0 bridgehead atoms. The molecular weight excluding hydrogens is 174 g/mol. The van der Waals surface area contributed by atoms with Gasteiger partial charge in [0.15, 0.2) is 0 Å². The van der Waals surface area contributed by atoms with E-state index >= 15 is 0 Å². The third-order valence-electron chi connectivity index (χ3n) is 1.41. The van der Waals surface area contributed by atoms with Crippen molar-refractivity contribution in [3.8, 4) is 0 Å². The highest BCUT2D eigenvalue weighted by Crippen LogP contribution is 2.00. The van der Waals surface area contributed by atoms with E-state index in [4.69, 9.17) is 10.9 Å². The highest BCUT2D eigenvalue weighted by atomic mass is 16.8. The maximum Gasteiger partial charge on any atom is 0.240 e. The van der Waals surface area contributed by atoms with Crippen LogP contribution in [-0.2, 0) is 0 Å². The van der Waals surface area contributed by atoms with Crippen LogP contribution in [0.1, 0.15) is 11.4 Å². The lowest BCUT2D eigenvalue weighted by atomic mass is 10.4. The molecule has 0 amide bonds. The molecule has 0 radical (unpaired) electrons. The van der Waals surface area contributed by atoms with E-state index < -0.39 is 5.34 Å². The van der Waals surface area contributed by atoms with Crippen molar-refractivity contribution in [2.75, 3.05) is 0 Å². The van der Waals surface area contributed by atoms with Crippen molar-refractivity contribution >= 4 is 5.96 Å². The normalized spacial score (nSPS) is 11.8. The molecule has 1 aromatic rings. The Balaban J connectivity index is 3.01. The Morgan fingerprint density at radius 2 is 2.38 bits per heavy atom. The van der Waals surface area contributed by atoms with E-state index in [2.05, 4.69) is 10.2 Å². The predicted molar refractivity (Wildman–Crippen MR) is 45.7 cm³/mol. The first-order valence-corrected chi connectivity index (χ1v) is 3.54. The maximum atomic E-state index is 10.1. The summed E-state index contributed by atoms with van der Waals surface area (Å²) >= 11 is 0. The van der Waals surface area contributed by atoms with Gasteiger partial charge in [0.2, 0.25) is 5.96 Å². The molecule has 0 saturated carbocycles. The van der Waals surface area contributed by atoms with E-state index in [0.717, 1.165) is 11.4 Å². The number of hydrogen-bond acceptors (Lipinski definition) is 5. The van der Waals surface area contributed by atoms with E-state index in [1.54, 1.807) is 19.9 Å². The number of hydrazone groups is 1. The molecular formula is C6H10N5O2-. The third-order valence-corrected chi connectivity index (χ3v) is 1.41. The lowest BCUT2D eigenvalue weighted by molar-refractivity contribution is -0.0388. The molecule has 7 heteroatoms. The molecule has 7 nitrogen and oxygen atoms in total. The van der Waals surface area contributed by atoms with Crippen LogP contribution < -0.4 is 5.73 Å². The molecule has 0 spiro atoms. The predicted octanol–water partition coefficient (Wildman–Crippen LogP) is -0.233. The van der Waals surface area contributed by atoms with Crippen molar-refractivity contribution in [2.45, 2.75) is 13.8 Å². The summed E-state index contributed by atoms with van der Waals surface area (Å²) in [6.07, 6.45) is 0. The zero-order chi connectivity index (χ0) is 10.0. The molecule has 1 aromatic heterocycles. The third kappa shape index (κ3) is 2.17. The highest BCUT2D eigenvalue weighted by Gasteiger charge is 2.03. The van der Waals surface area contributed by atoms with Crippen LogP contribution in [0.5, 0.6) is 0 Å². The summed E-state index contributed by atoms with van der Waals surface area (Å²) in [6, 6.07) is 1.77. The molecule has 0 aliphatic carbocycles. The molecule has 0 aromatic carbocycles. The van der Waals surface area contributed by atoms with Crippen molar-refractivity contribution < 1.29 is 5.21 Å². The van der Waals surface area contributed by atoms with Gasteiger partial charge < -0.3 is 10.9 Å². The highest BCUT2D eigenvalue weighted by molar-refractivity contribution is 5.79. The molecule has 1 rings (SSSR count). The average molecular weight is 184 g/mol. The van der Waals surface area contributed by atoms with Crippen LogP contribution in [0, 0.1) is 19.1 Å². The SMILES string of the molecule is Cc1cc(C)n(/C(N)=N/N([O-])O)n1. The van der Waals surface area contributed by atoms with E-state index in [0.29, 0.717) is 0 Å². The van der Waals surface area contributed by atoms with Crippen LogP contribution in [0.25, 0.3) is 0 Å². The average Bonchev–Trinajstić information content (AvgIpc) is 2.28. The second-order valence-electron chi connectivity index (χ2n) is 2.55. The molecule has 0 fully saturated rings. The quantitative estimate of drug-likeness (QED) is 0.356. The summed E-state index contributed by atoms with van der Waals surface area (Å²) < 4.78 is 1.26. The van der Waals surface area contributed by atoms with Gasteiger partial charge in [0.25, 0.3) is 0 Å². The van der Waals surface area contributed by atoms with Crippen molar-refractivity contribution in [1.29, 1.82) is 0 Å². The zero-order valence-electron chi connectivity index (χ0n) is 7.30. The number of aryl methyl sites for hydroxylation is 2. The first-order chi connectivity index (χ1) is 6.00. The lowest BCUT2D eigenvalue weighted by Crippen LogP contribution is -2.27. The number of rotatable bonds is 1. The van der Waals surface area contributed by atoms with E-state index in [1.807, 2.05) is 0 Å². The second kappa shape index (κ2) is 3.42. The monoisotopic (exact) mass is 184 g/mol. The van der Waals surface area contributed by atoms with E-state index in [-0.39, 0.29) is 5.96 Å². The lowest BCUT2D eigenvalue weighted by Gasteiger charge is -2.14. The summed E-state index contributed by atoms with van der Waals surface area (Å²) in [4.78, 5) is 0. The van der Waals surface area contributed by atoms with Gasteiger partial charge in [-0.25, -0.2) is 10.0 Å². The zero-order valence-corrected chi connectivity index (χ0v) is 7.30. The van der Waals surface area contributed by atoms with Crippen molar-refractivity contribution in [1.82, 2.24) is 15.1 Å². The molecule has 0 atom stereocenters. The minimum atomic E-state index is -0.605. The maximum absolute atomic E-state index is 10.1. The Morgan fingerprint density at radius 3 is 2.77 bits per heavy atom. The van der Waals surface area contributed by atoms with E-state index in [1.165, 1.54) is 4.68 Å². The molecule has 0 saturated heterocycles. The van der Waals surface area contributed by atoms with Gasteiger partial charge in [-0.05, 0) is 19.9 Å². The van der Waals surface area contributed by atoms with Crippen LogP contribution in [0.3, 0.4) is 0 Å². The molecule has 13 heavy (non-hydrogen) atoms. The molecule has 0 aliphatic heterocycles. The topological polar surface area (TPSA) is 103 Å². The van der Waals surface area contributed by atoms with Gasteiger partial charge in [-0.2, -0.15) is 5.10 Å². The van der Waals surface area contributed by atoms with Crippen molar-refractivity contribution in [2.24, 2.45) is 10.8 Å². The van der Waals surface area contributed by atoms with Crippen LogP contribution in [0.2, 0.25) is 0 Å². The van der Waals surface area contributed by atoms with Crippen LogP contribution >= 0.6 is 0 Å². The van der Waals surface area contributed by atoms with Crippen molar-refractivity contribution in [3.05, 3.63) is 22.7 Å². The van der Waals surface area contributed by atoms with Gasteiger partial charge in [0, 0.05) is 5.69 Å². The summed E-state index contributed by atoms with van der Waals surface area (Å²) in [5, 5.41) is 24.8. The smallest absolute Gasteiger partial charge is 0.240 e. The Bertz CT molecular complexity index is 330. The Hall–Kier alpha value is -1.60. The van der Waals surface area contributed by atoms with Gasteiger partial charge in [-0.3, -0.25) is 5.21 Å². The minimum Gasteiger partial charge on any atom is -0.716 e. The van der Waals surface area contributed by atoms with Crippen LogP contribution in [0.15, 0.2) is 11.2 Å². The first-order valence-electron chi connectivity index (χ1n) is 3.54. The molecule has 72 valence electrons. The molecule has 1 heterocycles. The minimum absolute atomic E-state index is 0.178. The summed E-state index contributed by atoms with van der Waals surface area (Å²) in [6.45, 7) is 3.54. The van der Waals surface area contributed by atoms with Crippen molar-refractivity contribution in [3.63, 3.8) is 0 Å². The number of nitrogens with zero attached hydrogens (tertiary/aromatic N) is 4. The van der Waals surface area contributed by atoms with Gasteiger partial charge in [-0.1, -0.05) is 0 Å².